The summed E-state index contributed by atoms with van der Waals surface area (Å²) in [6.07, 6.45) is 12.5. The predicted octanol–water partition coefficient (Wildman–Crippen LogP) is 4.40. The maximum Gasteiger partial charge on any atom is 0.330 e. The largest absolute Gasteiger partial charge is 0.478 e. The first-order valence-electron chi connectivity index (χ1n) is 7.52. The highest BCUT2D eigenvalue weighted by atomic mass is 16.4. The number of rotatable bonds is 3. The molecule has 0 aromatic rings. The smallest absolute Gasteiger partial charge is 0.330 e. The zero-order valence-corrected chi connectivity index (χ0v) is 11.7. The second-order valence-electron chi connectivity index (χ2n) is 6.24. The van der Waals surface area contributed by atoms with Gasteiger partial charge in [-0.15, -0.1) is 0 Å². The van der Waals surface area contributed by atoms with Crippen LogP contribution in [0.1, 0.15) is 65.2 Å². The SMILES string of the molecule is CCC1CCCCC12CCCC2/C=C(\C)C(=O)O. The van der Waals surface area contributed by atoms with Gasteiger partial charge >= 0.3 is 5.97 Å². The first kappa shape index (κ1) is 13.6. The van der Waals surface area contributed by atoms with E-state index in [2.05, 4.69) is 13.0 Å². The summed E-state index contributed by atoms with van der Waals surface area (Å²) in [5, 5.41) is 9.08. The van der Waals surface area contributed by atoms with Crippen LogP contribution in [0.3, 0.4) is 0 Å². The van der Waals surface area contributed by atoms with Gasteiger partial charge in [-0.3, -0.25) is 0 Å². The fourth-order valence-corrected chi connectivity index (χ4v) is 4.51. The summed E-state index contributed by atoms with van der Waals surface area (Å²) >= 11 is 0. The van der Waals surface area contributed by atoms with Crippen molar-refractivity contribution >= 4 is 5.97 Å². The van der Waals surface area contributed by atoms with E-state index in [4.69, 9.17) is 5.11 Å². The molecular weight excluding hydrogens is 224 g/mol. The molecule has 0 amide bonds. The normalized spacial score (nSPS) is 37.1. The van der Waals surface area contributed by atoms with Crippen molar-refractivity contribution in [1.29, 1.82) is 0 Å². The molecule has 2 fully saturated rings. The lowest BCUT2D eigenvalue weighted by Gasteiger charge is -2.45. The van der Waals surface area contributed by atoms with E-state index in [1.807, 2.05) is 0 Å². The third-order valence-electron chi connectivity index (χ3n) is 5.44. The first-order chi connectivity index (χ1) is 8.60. The second kappa shape index (κ2) is 5.46. The Balaban J connectivity index is 2.24. The highest BCUT2D eigenvalue weighted by Gasteiger charge is 2.47. The Labute approximate surface area is 110 Å². The third kappa shape index (κ3) is 2.34. The zero-order chi connectivity index (χ0) is 13.2. The molecule has 3 unspecified atom stereocenters. The quantitative estimate of drug-likeness (QED) is 0.754. The van der Waals surface area contributed by atoms with Crippen molar-refractivity contribution in [2.75, 3.05) is 0 Å². The average molecular weight is 250 g/mol. The van der Waals surface area contributed by atoms with Gasteiger partial charge in [-0.2, -0.15) is 0 Å². The Morgan fingerprint density at radius 2 is 2.00 bits per heavy atom. The summed E-state index contributed by atoms with van der Waals surface area (Å²) in [5.74, 6) is 0.580. The molecule has 1 spiro atoms. The molecular formula is C16H26O2. The van der Waals surface area contributed by atoms with Gasteiger partial charge in [-0.05, 0) is 49.9 Å². The molecule has 2 saturated carbocycles. The number of carboxylic acids is 1. The van der Waals surface area contributed by atoms with Gasteiger partial charge in [0.1, 0.15) is 0 Å². The van der Waals surface area contributed by atoms with Crippen LogP contribution in [0.2, 0.25) is 0 Å². The minimum absolute atomic E-state index is 0.434. The van der Waals surface area contributed by atoms with Crippen LogP contribution < -0.4 is 0 Å². The maximum absolute atomic E-state index is 11.0. The van der Waals surface area contributed by atoms with E-state index in [-0.39, 0.29) is 0 Å². The van der Waals surface area contributed by atoms with Crippen molar-refractivity contribution in [3.63, 3.8) is 0 Å². The molecule has 18 heavy (non-hydrogen) atoms. The van der Waals surface area contributed by atoms with Gasteiger partial charge in [-0.1, -0.05) is 38.7 Å². The highest BCUT2D eigenvalue weighted by Crippen LogP contribution is 2.57. The van der Waals surface area contributed by atoms with Gasteiger partial charge in [-0.25, -0.2) is 4.79 Å². The molecule has 102 valence electrons. The van der Waals surface area contributed by atoms with E-state index in [1.165, 1.54) is 51.4 Å². The molecule has 0 bridgehead atoms. The molecule has 3 atom stereocenters. The number of hydrogen-bond acceptors (Lipinski definition) is 1. The topological polar surface area (TPSA) is 37.3 Å². The minimum Gasteiger partial charge on any atom is -0.478 e. The Kier molecular flexibility index (Phi) is 4.14. The van der Waals surface area contributed by atoms with Crippen molar-refractivity contribution in [3.8, 4) is 0 Å². The van der Waals surface area contributed by atoms with Gasteiger partial charge in [0.15, 0.2) is 0 Å². The lowest BCUT2D eigenvalue weighted by Crippen LogP contribution is -2.36. The zero-order valence-electron chi connectivity index (χ0n) is 11.7. The van der Waals surface area contributed by atoms with Crippen molar-refractivity contribution in [1.82, 2.24) is 0 Å². The molecule has 2 aliphatic rings. The number of hydrogen-bond donors (Lipinski definition) is 1. The van der Waals surface area contributed by atoms with E-state index in [0.29, 0.717) is 16.9 Å². The van der Waals surface area contributed by atoms with E-state index < -0.39 is 5.97 Å². The Hall–Kier alpha value is -0.790. The van der Waals surface area contributed by atoms with E-state index in [9.17, 15) is 4.79 Å². The van der Waals surface area contributed by atoms with Crippen LogP contribution in [0.25, 0.3) is 0 Å². The molecule has 0 heterocycles. The van der Waals surface area contributed by atoms with Gasteiger partial charge < -0.3 is 5.11 Å². The maximum atomic E-state index is 11.0. The molecule has 0 radical (unpaired) electrons. The number of aliphatic carboxylic acids is 1. The Bertz CT molecular complexity index is 345. The van der Waals surface area contributed by atoms with Crippen LogP contribution in [0, 0.1) is 17.3 Å². The number of carbonyl (C=O) groups is 1. The minimum atomic E-state index is -0.749. The molecule has 2 rings (SSSR count). The van der Waals surface area contributed by atoms with Crippen LogP contribution in [0.15, 0.2) is 11.6 Å². The van der Waals surface area contributed by atoms with Gasteiger partial charge in [0, 0.05) is 5.57 Å². The van der Waals surface area contributed by atoms with Crippen molar-refractivity contribution < 1.29 is 9.90 Å². The van der Waals surface area contributed by atoms with Gasteiger partial charge in [0.05, 0.1) is 0 Å². The lowest BCUT2D eigenvalue weighted by atomic mass is 9.60. The fourth-order valence-electron chi connectivity index (χ4n) is 4.51. The molecule has 2 aliphatic carbocycles. The van der Waals surface area contributed by atoms with Gasteiger partial charge in [0.2, 0.25) is 0 Å². The first-order valence-corrected chi connectivity index (χ1v) is 7.52. The van der Waals surface area contributed by atoms with Crippen LogP contribution >= 0.6 is 0 Å². The highest BCUT2D eigenvalue weighted by molar-refractivity contribution is 5.85. The second-order valence-corrected chi connectivity index (χ2v) is 6.24. The van der Waals surface area contributed by atoms with Crippen LogP contribution in [0.5, 0.6) is 0 Å². The standard InChI is InChI=1S/C16H26O2/c1-3-13-7-4-5-9-16(13)10-6-8-14(16)11-12(2)15(17)18/h11,13-14H,3-10H2,1-2H3,(H,17,18)/b12-11+. The van der Waals surface area contributed by atoms with Crippen LogP contribution in [-0.4, -0.2) is 11.1 Å². The molecule has 0 aliphatic heterocycles. The summed E-state index contributed by atoms with van der Waals surface area (Å²) < 4.78 is 0. The van der Waals surface area contributed by atoms with E-state index >= 15 is 0 Å². The summed E-state index contributed by atoms with van der Waals surface area (Å²) in [5.41, 5.74) is 0.977. The summed E-state index contributed by atoms with van der Waals surface area (Å²) in [7, 11) is 0. The fraction of sp³-hybridized carbons (Fsp3) is 0.812. The molecule has 1 N–H and O–H groups in total. The number of carboxylic acid groups (broad SMARTS) is 1. The van der Waals surface area contributed by atoms with Crippen molar-refractivity contribution in [3.05, 3.63) is 11.6 Å². The van der Waals surface area contributed by atoms with Crippen molar-refractivity contribution in [2.24, 2.45) is 17.3 Å². The molecule has 2 heteroatoms. The monoisotopic (exact) mass is 250 g/mol. The summed E-state index contributed by atoms with van der Waals surface area (Å²) in [6, 6.07) is 0. The predicted molar refractivity (Wildman–Crippen MR) is 73.4 cm³/mol. The summed E-state index contributed by atoms with van der Waals surface area (Å²) in [6.45, 7) is 4.05. The average Bonchev–Trinajstić information content (AvgIpc) is 2.73. The van der Waals surface area contributed by atoms with E-state index in [0.717, 1.165) is 5.92 Å². The van der Waals surface area contributed by atoms with Crippen LogP contribution in [-0.2, 0) is 4.79 Å². The summed E-state index contributed by atoms with van der Waals surface area (Å²) in [4.78, 5) is 11.0. The molecule has 2 nitrogen and oxygen atoms in total. The Morgan fingerprint density at radius 3 is 2.67 bits per heavy atom. The van der Waals surface area contributed by atoms with E-state index in [1.54, 1.807) is 6.92 Å². The van der Waals surface area contributed by atoms with Crippen molar-refractivity contribution in [2.45, 2.75) is 65.2 Å². The molecule has 0 aromatic heterocycles. The van der Waals surface area contributed by atoms with Crippen LogP contribution in [0.4, 0.5) is 0 Å². The molecule has 0 saturated heterocycles. The number of allylic oxidation sites excluding steroid dienone is 1. The third-order valence-corrected chi connectivity index (χ3v) is 5.44. The molecule has 0 aromatic carbocycles. The Morgan fingerprint density at radius 1 is 1.28 bits per heavy atom. The lowest BCUT2D eigenvalue weighted by molar-refractivity contribution is -0.132. The van der Waals surface area contributed by atoms with Gasteiger partial charge in [0.25, 0.3) is 0 Å².